The van der Waals surface area contributed by atoms with Gasteiger partial charge in [0, 0.05) is 39.6 Å². The van der Waals surface area contributed by atoms with E-state index in [0.29, 0.717) is 5.92 Å². The maximum absolute atomic E-state index is 11.9. The zero-order chi connectivity index (χ0) is 23.0. The van der Waals surface area contributed by atoms with Gasteiger partial charge in [0.2, 0.25) is 5.91 Å². The van der Waals surface area contributed by atoms with Crippen molar-refractivity contribution in [1.29, 1.82) is 0 Å². The van der Waals surface area contributed by atoms with Gasteiger partial charge in [-0.05, 0) is 37.2 Å². The molecule has 174 valence electrons. The van der Waals surface area contributed by atoms with Crippen LogP contribution in [-0.4, -0.2) is 79.4 Å². The Morgan fingerprint density at radius 3 is 2.29 bits per heavy atom. The molecule has 0 bridgehead atoms. The highest BCUT2D eigenvalue weighted by molar-refractivity contribution is 5.76. The van der Waals surface area contributed by atoms with E-state index in [1.165, 1.54) is 24.9 Å². The molecule has 1 N–H and O–H groups in total. The van der Waals surface area contributed by atoms with Crippen LogP contribution in [0.5, 0.6) is 0 Å². The number of rotatable bonds is 7. The third-order valence-corrected chi connectivity index (χ3v) is 5.46. The van der Waals surface area contributed by atoms with Crippen LogP contribution < -0.4 is 0 Å². The Labute approximate surface area is 181 Å². The third-order valence-electron chi connectivity index (χ3n) is 5.46. The molecule has 1 aromatic carbocycles. The SMILES string of the molecule is CN(C)C(=O)CO[C@@H]1CCN(CC2CC2)C[C@@H]1Cc1ccccc1.O=C(O)C(F)(F)F. The molecule has 6 nitrogen and oxygen atoms in total. The molecule has 3 rings (SSSR count). The Morgan fingerprint density at radius 2 is 1.77 bits per heavy atom. The number of piperidine rings is 1. The first-order chi connectivity index (χ1) is 14.6. The Hall–Kier alpha value is -2.13. The number of amides is 1. The summed E-state index contributed by atoms with van der Waals surface area (Å²) in [6.45, 7) is 3.63. The first kappa shape index (κ1) is 25.1. The molecule has 0 aromatic heterocycles. The number of benzene rings is 1. The number of hydrogen-bond acceptors (Lipinski definition) is 4. The Balaban J connectivity index is 0.000000423. The highest BCUT2D eigenvalue weighted by atomic mass is 19.4. The number of ether oxygens (including phenoxy) is 1. The molecule has 1 amide bonds. The van der Waals surface area contributed by atoms with E-state index in [1.807, 2.05) is 0 Å². The smallest absolute Gasteiger partial charge is 0.475 e. The lowest BCUT2D eigenvalue weighted by molar-refractivity contribution is -0.192. The van der Waals surface area contributed by atoms with E-state index >= 15 is 0 Å². The molecule has 2 aliphatic rings. The molecule has 1 heterocycles. The molecule has 0 unspecified atom stereocenters. The number of carbonyl (C=O) groups is 2. The van der Waals surface area contributed by atoms with Crippen molar-refractivity contribution in [1.82, 2.24) is 9.80 Å². The van der Waals surface area contributed by atoms with E-state index in [1.54, 1.807) is 19.0 Å². The van der Waals surface area contributed by atoms with Gasteiger partial charge in [-0.25, -0.2) is 4.79 Å². The first-order valence-corrected chi connectivity index (χ1v) is 10.4. The minimum atomic E-state index is -5.08. The zero-order valence-electron chi connectivity index (χ0n) is 18.0. The molecule has 0 radical (unpaired) electrons. The zero-order valence-corrected chi connectivity index (χ0v) is 18.0. The Bertz CT molecular complexity index is 708. The minimum absolute atomic E-state index is 0.0499. The predicted molar refractivity (Wildman–Crippen MR) is 110 cm³/mol. The van der Waals surface area contributed by atoms with Crippen molar-refractivity contribution in [3.05, 3.63) is 35.9 Å². The number of carboxylic acids is 1. The summed E-state index contributed by atoms with van der Waals surface area (Å²) in [4.78, 5) is 25.0. The monoisotopic (exact) mass is 444 g/mol. The van der Waals surface area contributed by atoms with Gasteiger partial charge in [0.15, 0.2) is 0 Å². The Kier molecular flexibility index (Phi) is 9.31. The van der Waals surface area contributed by atoms with Crippen LogP contribution in [0.1, 0.15) is 24.8 Å². The number of hydrogen-bond donors (Lipinski definition) is 1. The minimum Gasteiger partial charge on any atom is -0.475 e. The highest BCUT2D eigenvalue weighted by Crippen LogP contribution is 2.32. The van der Waals surface area contributed by atoms with Crippen LogP contribution in [0.25, 0.3) is 0 Å². The van der Waals surface area contributed by atoms with Crippen molar-refractivity contribution in [3.8, 4) is 0 Å². The van der Waals surface area contributed by atoms with Crippen LogP contribution in [0.3, 0.4) is 0 Å². The van der Waals surface area contributed by atoms with Gasteiger partial charge in [-0.15, -0.1) is 0 Å². The third kappa shape index (κ3) is 9.26. The topological polar surface area (TPSA) is 70.1 Å². The number of carbonyl (C=O) groups excluding carboxylic acids is 1. The summed E-state index contributed by atoms with van der Waals surface area (Å²) in [6.07, 6.45) is -0.0355. The predicted octanol–water partition coefficient (Wildman–Crippen LogP) is 3.07. The van der Waals surface area contributed by atoms with Crippen LogP contribution in [0.15, 0.2) is 30.3 Å². The fourth-order valence-electron chi connectivity index (χ4n) is 3.56. The van der Waals surface area contributed by atoms with E-state index in [9.17, 15) is 18.0 Å². The van der Waals surface area contributed by atoms with Crippen molar-refractivity contribution in [2.45, 2.75) is 38.0 Å². The van der Waals surface area contributed by atoms with Crippen LogP contribution in [0.4, 0.5) is 13.2 Å². The number of halogens is 3. The van der Waals surface area contributed by atoms with E-state index in [2.05, 4.69) is 35.2 Å². The average molecular weight is 444 g/mol. The van der Waals surface area contributed by atoms with Crippen molar-refractivity contribution in [2.75, 3.05) is 40.3 Å². The quantitative estimate of drug-likeness (QED) is 0.700. The average Bonchev–Trinajstić information content (AvgIpc) is 3.51. The molecular weight excluding hydrogens is 413 g/mol. The van der Waals surface area contributed by atoms with Crippen LogP contribution >= 0.6 is 0 Å². The number of likely N-dealkylation sites (tertiary alicyclic amines) is 1. The molecule has 2 atom stereocenters. The summed E-state index contributed by atoms with van der Waals surface area (Å²) in [5, 5.41) is 7.12. The summed E-state index contributed by atoms with van der Waals surface area (Å²) >= 11 is 0. The van der Waals surface area contributed by atoms with Gasteiger partial charge in [-0.1, -0.05) is 30.3 Å². The van der Waals surface area contributed by atoms with Crippen LogP contribution in [0.2, 0.25) is 0 Å². The van der Waals surface area contributed by atoms with Gasteiger partial charge in [0.25, 0.3) is 0 Å². The lowest BCUT2D eigenvalue weighted by atomic mass is 9.88. The number of nitrogens with zero attached hydrogens (tertiary/aromatic N) is 2. The number of alkyl halides is 3. The molecule has 9 heteroatoms. The molecule has 0 spiro atoms. The molecule has 2 fully saturated rings. The molecule has 1 aliphatic heterocycles. The second kappa shape index (κ2) is 11.5. The lowest BCUT2D eigenvalue weighted by Crippen LogP contribution is -2.46. The Morgan fingerprint density at radius 1 is 1.16 bits per heavy atom. The largest absolute Gasteiger partial charge is 0.490 e. The molecule has 1 saturated heterocycles. The van der Waals surface area contributed by atoms with E-state index in [-0.39, 0.29) is 18.6 Å². The van der Waals surface area contributed by atoms with Crippen molar-refractivity contribution in [3.63, 3.8) is 0 Å². The molecule has 1 saturated carbocycles. The van der Waals surface area contributed by atoms with Crippen molar-refractivity contribution in [2.24, 2.45) is 11.8 Å². The summed E-state index contributed by atoms with van der Waals surface area (Å²) in [6, 6.07) is 10.7. The second-order valence-corrected chi connectivity index (χ2v) is 8.38. The van der Waals surface area contributed by atoms with Gasteiger partial charge < -0.3 is 19.6 Å². The first-order valence-electron chi connectivity index (χ1n) is 10.4. The van der Waals surface area contributed by atoms with E-state index in [0.717, 1.165) is 31.8 Å². The summed E-state index contributed by atoms with van der Waals surface area (Å²) in [5.41, 5.74) is 1.36. The van der Waals surface area contributed by atoms with E-state index < -0.39 is 12.1 Å². The normalized spacial score (nSPS) is 21.7. The highest BCUT2D eigenvalue weighted by Gasteiger charge is 2.38. The van der Waals surface area contributed by atoms with Gasteiger partial charge >= 0.3 is 12.1 Å². The molecule has 1 aliphatic carbocycles. The van der Waals surface area contributed by atoms with Crippen LogP contribution in [-0.2, 0) is 20.7 Å². The second-order valence-electron chi connectivity index (χ2n) is 8.38. The maximum Gasteiger partial charge on any atom is 0.490 e. The standard InChI is InChI=1S/C20H30N2O2.C2HF3O2/c1-21(2)20(23)15-24-19-10-11-22(13-17-8-9-17)14-18(19)12-16-6-4-3-5-7-16;3-2(4,5)1(6)7/h3-7,17-19H,8-15H2,1-2H3;(H,6,7)/t18-,19+;/m0./s1. The van der Waals surface area contributed by atoms with Crippen molar-refractivity contribution >= 4 is 11.9 Å². The lowest BCUT2D eigenvalue weighted by Gasteiger charge is -2.38. The number of likely N-dealkylation sites (N-methyl/N-ethyl adjacent to an activating group) is 1. The van der Waals surface area contributed by atoms with Gasteiger partial charge in [0.05, 0.1) is 6.10 Å². The van der Waals surface area contributed by atoms with Crippen LogP contribution in [0, 0.1) is 11.8 Å². The number of carboxylic acid groups (broad SMARTS) is 1. The summed E-state index contributed by atoms with van der Waals surface area (Å²) in [5.74, 6) is -1.31. The molecule has 31 heavy (non-hydrogen) atoms. The van der Waals surface area contributed by atoms with Gasteiger partial charge in [-0.3, -0.25) is 4.79 Å². The summed E-state index contributed by atoms with van der Waals surface area (Å²) < 4.78 is 37.8. The fraction of sp³-hybridized carbons (Fsp3) is 0.636. The number of aliphatic carboxylic acids is 1. The van der Waals surface area contributed by atoms with Crippen molar-refractivity contribution < 1.29 is 32.6 Å². The summed E-state index contributed by atoms with van der Waals surface area (Å²) in [7, 11) is 3.57. The van der Waals surface area contributed by atoms with E-state index in [4.69, 9.17) is 14.6 Å². The van der Waals surface area contributed by atoms with Gasteiger partial charge in [-0.2, -0.15) is 13.2 Å². The van der Waals surface area contributed by atoms with Gasteiger partial charge in [0.1, 0.15) is 6.61 Å². The fourth-order valence-corrected chi connectivity index (χ4v) is 3.56. The molecular formula is C22H31F3N2O4. The molecule has 1 aromatic rings. The maximum atomic E-state index is 11.9.